The van der Waals surface area contributed by atoms with Gasteiger partial charge < -0.3 is 4.90 Å². The highest BCUT2D eigenvalue weighted by molar-refractivity contribution is 6.33. The molecule has 0 bridgehead atoms. The summed E-state index contributed by atoms with van der Waals surface area (Å²) in [5, 5.41) is 2.60. The van der Waals surface area contributed by atoms with Gasteiger partial charge in [0.05, 0.1) is 11.4 Å². The van der Waals surface area contributed by atoms with Crippen LogP contribution in [-0.4, -0.2) is 49.0 Å². The van der Waals surface area contributed by atoms with Crippen LogP contribution in [0.3, 0.4) is 0 Å². The van der Waals surface area contributed by atoms with Crippen molar-refractivity contribution in [1.29, 1.82) is 0 Å². The highest BCUT2D eigenvalue weighted by atomic mass is 35.5. The van der Waals surface area contributed by atoms with E-state index in [0.29, 0.717) is 16.3 Å². The minimum Gasteiger partial charge on any atom is -0.345 e. The highest BCUT2D eigenvalue weighted by Gasteiger charge is 2.40. The molecule has 2 aromatic rings. The molecule has 0 aromatic heterocycles. The maximum atomic E-state index is 12.7. The van der Waals surface area contributed by atoms with E-state index in [0.717, 1.165) is 4.90 Å². The number of rotatable bonds is 4. The van der Waals surface area contributed by atoms with Crippen LogP contribution in [0.5, 0.6) is 0 Å². The Bertz CT molecular complexity index is 1000. The second-order valence-corrected chi connectivity index (χ2v) is 6.88. The summed E-state index contributed by atoms with van der Waals surface area (Å²) in [6.45, 7) is 0. The Kier molecular flexibility index (Phi) is 5.74. The highest BCUT2D eigenvalue weighted by Crippen LogP contribution is 2.23. The lowest BCUT2D eigenvalue weighted by atomic mass is 10.1. The summed E-state index contributed by atoms with van der Waals surface area (Å²) in [7, 11) is 3.30. The lowest BCUT2D eigenvalue weighted by Crippen LogP contribution is -2.58. The molecule has 1 saturated heterocycles. The summed E-state index contributed by atoms with van der Waals surface area (Å²) in [6.07, 6.45) is 1.18. The monoisotopic (exact) mass is 412 g/mol. The van der Waals surface area contributed by atoms with Gasteiger partial charge >= 0.3 is 6.03 Å². The van der Waals surface area contributed by atoms with Crippen LogP contribution in [0.1, 0.15) is 10.4 Å². The minimum atomic E-state index is -1.27. The average molecular weight is 413 g/mol. The van der Waals surface area contributed by atoms with Gasteiger partial charge in [-0.3, -0.25) is 24.7 Å². The van der Waals surface area contributed by atoms with Crippen LogP contribution < -0.4 is 10.2 Å². The largest absolute Gasteiger partial charge is 0.345 e. The van der Waals surface area contributed by atoms with Gasteiger partial charge in [-0.15, -0.1) is 0 Å². The van der Waals surface area contributed by atoms with Crippen molar-refractivity contribution < 1.29 is 19.2 Å². The predicted octanol–water partition coefficient (Wildman–Crippen LogP) is 2.64. The minimum absolute atomic E-state index is 0.153. The van der Waals surface area contributed by atoms with E-state index in [1.54, 1.807) is 38.4 Å². The number of carbonyl (C=O) groups excluding carboxylic acids is 4. The molecule has 2 aromatic carbocycles. The molecule has 8 nitrogen and oxygen atoms in total. The third kappa shape index (κ3) is 4.33. The van der Waals surface area contributed by atoms with Gasteiger partial charge in [-0.05, 0) is 48.5 Å². The number of hydrogen-bond acceptors (Lipinski definition) is 5. The molecule has 1 heterocycles. The van der Waals surface area contributed by atoms with E-state index in [9.17, 15) is 19.2 Å². The summed E-state index contributed by atoms with van der Waals surface area (Å²) < 4.78 is 0. The molecule has 0 radical (unpaired) electrons. The molecule has 1 aliphatic rings. The number of aliphatic imine (C=N–C) groups is 1. The first-order chi connectivity index (χ1) is 13.8. The van der Waals surface area contributed by atoms with Gasteiger partial charge in [0.15, 0.2) is 5.92 Å². The number of anilines is 1. The van der Waals surface area contributed by atoms with Crippen molar-refractivity contribution in [2.24, 2.45) is 10.9 Å². The zero-order valence-electron chi connectivity index (χ0n) is 15.6. The number of halogens is 1. The normalized spacial score (nSPS) is 16.9. The summed E-state index contributed by atoms with van der Waals surface area (Å²) in [4.78, 5) is 55.4. The topological polar surface area (TPSA) is 99.2 Å². The molecule has 9 heteroatoms. The standard InChI is InChI=1S/C20H17ClN4O4/c1-24(2)18(27)12-3-7-14(8-4-12)22-11-16-17(26)23-20(29)25(19(16)28)15-9-5-13(21)6-10-15/h3-11,16H,1-2H3,(H,23,26,29). The van der Waals surface area contributed by atoms with Gasteiger partial charge in [-0.2, -0.15) is 0 Å². The van der Waals surface area contributed by atoms with Crippen molar-refractivity contribution in [3.63, 3.8) is 0 Å². The van der Waals surface area contributed by atoms with E-state index in [4.69, 9.17) is 11.6 Å². The van der Waals surface area contributed by atoms with E-state index in [1.165, 1.54) is 35.4 Å². The first-order valence-corrected chi connectivity index (χ1v) is 8.96. The van der Waals surface area contributed by atoms with Crippen LogP contribution in [-0.2, 0) is 9.59 Å². The molecule has 0 spiro atoms. The number of amides is 5. The van der Waals surface area contributed by atoms with Crippen molar-refractivity contribution in [3.05, 3.63) is 59.1 Å². The van der Waals surface area contributed by atoms with E-state index in [-0.39, 0.29) is 11.6 Å². The molecule has 5 amide bonds. The molecular formula is C20H17ClN4O4. The number of hydrogen-bond donors (Lipinski definition) is 1. The second kappa shape index (κ2) is 8.24. The van der Waals surface area contributed by atoms with Crippen molar-refractivity contribution >= 4 is 52.9 Å². The van der Waals surface area contributed by atoms with Crippen LogP contribution in [0.2, 0.25) is 5.02 Å². The van der Waals surface area contributed by atoms with E-state index in [2.05, 4.69) is 10.3 Å². The molecule has 1 aliphatic heterocycles. The molecule has 3 rings (SSSR count). The van der Waals surface area contributed by atoms with Crippen LogP contribution >= 0.6 is 11.6 Å². The van der Waals surface area contributed by atoms with Crippen LogP contribution in [0, 0.1) is 5.92 Å². The van der Waals surface area contributed by atoms with Crippen LogP contribution in [0.4, 0.5) is 16.2 Å². The van der Waals surface area contributed by atoms with Crippen LogP contribution in [0.25, 0.3) is 0 Å². The molecule has 1 N–H and O–H groups in total. The van der Waals surface area contributed by atoms with E-state index in [1.807, 2.05) is 0 Å². The smallest absolute Gasteiger partial charge is 0.335 e. The van der Waals surface area contributed by atoms with Gasteiger partial charge in [-0.25, -0.2) is 9.69 Å². The molecule has 148 valence electrons. The number of barbiturate groups is 1. The van der Waals surface area contributed by atoms with Crippen molar-refractivity contribution in [2.45, 2.75) is 0 Å². The first kappa shape index (κ1) is 20.2. The molecule has 0 saturated carbocycles. The molecular weight excluding hydrogens is 396 g/mol. The van der Waals surface area contributed by atoms with Crippen LogP contribution in [0.15, 0.2) is 53.5 Å². The Morgan fingerprint density at radius 3 is 2.28 bits per heavy atom. The number of nitrogens with one attached hydrogen (secondary N) is 1. The fourth-order valence-electron chi connectivity index (χ4n) is 2.67. The third-order valence-corrected chi connectivity index (χ3v) is 4.43. The lowest BCUT2D eigenvalue weighted by molar-refractivity contribution is -0.131. The van der Waals surface area contributed by atoms with Gasteiger partial charge in [0.25, 0.3) is 11.8 Å². The van der Waals surface area contributed by atoms with Gasteiger partial charge in [0.2, 0.25) is 5.91 Å². The van der Waals surface area contributed by atoms with Crippen molar-refractivity contribution in [2.75, 3.05) is 19.0 Å². The lowest BCUT2D eigenvalue weighted by Gasteiger charge is -2.28. The summed E-state index contributed by atoms with van der Waals surface area (Å²) in [6, 6.07) is 11.6. The quantitative estimate of drug-likeness (QED) is 0.616. The third-order valence-electron chi connectivity index (χ3n) is 4.18. The summed E-state index contributed by atoms with van der Waals surface area (Å²) in [5.41, 5.74) is 1.23. The molecule has 1 fully saturated rings. The Hall–Kier alpha value is -3.52. The summed E-state index contributed by atoms with van der Waals surface area (Å²) in [5.74, 6) is -2.90. The zero-order chi connectivity index (χ0) is 21.1. The number of benzene rings is 2. The number of imide groups is 2. The second-order valence-electron chi connectivity index (χ2n) is 6.45. The zero-order valence-corrected chi connectivity index (χ0v) is 16.4. The van der Waals surface area contributed by atoms with E-state index < -0.39 is 23.8 Å². The molecule has 29 heavy (non-hydrogen) atoms. The SMILES string of the molecule is CN(C)C(=O)c1ccc(N=CC2C(=O)NC(=O)N(c3ccc(Cl)cc3)C2=O)cc1. The van der Waals surface area contributed by atoms with Crippen molar-refractivity contribution in [3.8, 4) is 0 Å². The molecule has 0 aliphatic carbocycles. The maximum Gasteiger partial charge on any atom is 0.335 e. The number of urea groups is 1. The predicted molar refractivity (Wildman–Crippen MR) is 109 cm³/mol. The first-order valence-electron chi connectivity index (χ1n) is 8.58. The van der Waals surface area contributed by atoms with E-state index >= 15 is 0 Å². The fraction of sp³-hybridized carbons (Fsp3) is 0.150. The maximum absolute atomic E-state index is 12.7. The summed E-state index contributed by atoms with van der Waals surface area (Å²) >= 11 is 5.84. The average Bonchev–Trinajstić information content (AvgIpc) is 2.69. The molecule has 1 unspecified atom stereocenters. The van der Waals surface area contributed by atoms with Crippen molar-refractivity contribution in [1.82, 2.24) is 10.2 Å². The molecule has 1 atom stereocenters. The Morgan fingerprint density at radius 2 is 1.69 bits per heavy atom. The number of nitrogens with zero attached hydrogens (tertiary/aromatic N) is 3. The number of carbonyl (C=O) groups is 4. The Balaban J connectivity index is 1.81. The fourth-order valence-corrected chi connectivity index (χ4v) is 2.79. The Morgan fingerprint density at radius 1 is 1.07 bits per heavy atom. The van der Waals surface area contributed by atoms with Gasteiger partial charge in [0.1, 0.15) is 0 Å². The van der Waals surface area contributed by atoms with Gasteiger partial charge in [-0.1, -0.05) is 11.6 Å². The Labute approximate surface area is 171 Å². The van der Waals surface area contributed by atoms with Gasteiger partial charge in [0, 0.05) is 30.9 Å².